The molecule has 1 fully saturated rings. The Balaban J connectivity index is 0. The number of Topliss-reactive ketones (excluding diaryl/α,β-unsaturated/α-hetero) is 1. The summed E-state index contributed by atoms with van der Waals surface area (Å²) in [6.45, 7) is 10.1. The Bertz CT molecular complexity index is 181. The Hall–Kier alpha value is -0.490. The normalized spacial score (nSPS) is 18.3. The van der Waals surface area contributed by atoms with E-state index in [2.05, 4.69) is 0 Å². The van der Waals surface area contributed by atoms with Gasteiger partial charge in [-0.15, -0.1) is 0 Å². The number of aliphatic hydroxyl groups is 2. The maximum absolute atomic E-state index is 9.81. The first-order valence-corrected chi connectivity index (χ1v) is 5.81. The zero-order valence-electron chi connectivity index (χ0n) is 11.5. The first kappa shape index (κ1) is 18.9. The maximum Gasteiger partial charge on any atom is 0.162 e. The molecule has 1 aliphatic heterocycles. The van der Waals surface area contributed by atoms with E-state index in [4.69, 9.17) is 19.7 Å². The van der Waals surface area contributed by atoms with Crippen molar-refractivity contribution >= 4 is 5.78 Å². The number of carbonyl (C=O) groups is 1. The van der Waals surface area contributed by atoms with Gasteiger partial charge >= 0.3 is 0 Å². The molecular formula is C12H26O5. The quantitative estimate of drug-likeness (QED) is 0.768. The van der Waals surface area contributed by atoms with Gasteiger partial charge in [0.25, 0.3) is 0 Å². The van der Waals surface area contributed by atoms with Gasteiger partial charge in [-0.1, -0.05) is 6.92 Å². The van der Waals surface area contributed by atoms with Gasteiger partial charge in [-0.05, 0) is 27.7 Å². The molecule has 1 unspecified atom stereocenters. The lowest BCUT2D eigenvalue weighted by atomic mass is 10.4. The van der Waals surface area contributed by atoms with Crippen molar-refractivity contribution in [2.45, 2.75) is 52.9 Å². The van der Waals surface area contributed by atoms with E-state index in [1.54, 1.807) is 6.92 Å². The minimum atomic E-state index is -0.560. The third-order valence-corrected chi connectivity index (χ3v) is 1.74. The van der Waals surface area contributed by atoms with Crippen molar-refractivity contribution in [1.29, 1.82) is 0 Å². The topological polar surface area (TPSA) is 76.0 Å². The van der Waals surface area contributed by atoms with Gasteiger partial charge in [0.15, 0.2) is 5.79 Å². The van der Waals surface area contributed by atoms with Gasteiger partial charge in [0, 0.05) is 6.42 Å². The molecule has 1 atom stereocenters. The molecule has 0 aromatic heterocycles. The molecule has 104 valence electrons. The van der Waals surface area contributed by atoms with Crippen LogP contribution in [-0.2, 0) is 14.3 Å². The van der Waals surface area contributed by atoms with Crippen molar-refractivity contribution < 1.29 is 24.5 Å². The highest BCUT2D eigenvalue weighted by molar-refractivity contribution is 5.74. The lowest BCUT2D eigenvalue weighted by molar-refractivity contribution is -0.125. The van der Waals surface area contributed by atoms with Crippen molar-refractivity contribution in [3.05, 3.63) is 0 Å². The minimum Gasteiger partial charge on any atom is -0.394 e. The van der Waals surface area contributed by atoms with Crippen LogP contribution in [0.25, 0.3) is 0 Å². The predicted octanol–water partition coefficient (Wildman–Crippen LogP) is 1.11. The van der Waals surface area contributed by atoms with Gasteiger partial charge in [0.1, 0.15) is 5.78 Å². The number of carbonyl (C=O) groups excluding carboxylic acids is 1. The lowest BCUT2D eigenvalue weighted by Crippen LogP contribution is -2.18. The standard InChI is InChI=1S/C5H10O2.C4H8O.C3H8O2/c1-5(2)6-3-4-7-5;1-3-4(2)5;1-3(5)2-4/h3-4H2,1-2H3;3H2,1-2H3;3-5H,2H2,1H3. The van der Waals surface area contributed by atoms with Crippen LogP contribution in [0, 0.1) is 0 Å². The maximum atomic E-state index is 9.81. The summed E-state index contributed by atoms with van der Waals surface area (Å²) in [5, 5.41) is 16.0. The van der Waals surface area contributed by atoms with E-state index in [9.17, 15) is 4.79 Å². The fraction of sp³-hybridized carbons (Fsp3) is 0.917. The number of hydrogen-bond acceptors (Lipinski definition) is 5. The Morgan fingerprint density at radius 2 is 1.65 bits per heavy atom. The van der Waals surface area contributed by atoms with Crippen molar-refractivity contribution in [2.75, 3.05) is 19.8 Å². The largest absolute Gasteiger partial charge is 0.394 e. The van der Waals surface area contributed by atoms with E-state index in [0.717, 1.165) is 13.2 Å². The zero-order valence-corrected chi connectivity index (χ0v) is 11.5. The molecule has 1 aliphatic rings. The molecule has 17 heavy (non-hydrogen) atoms. The third-order valence-electron chi connectivity index (χ3n) is 1.74. The summed E-state index contributed by atoms with van der Waals surface area (Å²) in [6, 6.07) is 0. The third kappa shape index (κ3) is 18.1. The average Bonchev–Trinajstić information content (AvgIpc) is 2.64. The molecule has 0 radical (unpaired) electrons. The van der Waals surface area contributed by atoms with E-state index in [1.165, 1.54) is 6.92 Å². The molecule has 1 saturated heterocycles. The zero-order chi connectivity index (χ0) is 13.9. The van der Waals surface area contributed by atoms with E-state index in [-0.39, 0.29) is 18.2 Å². The highest BCUT2D eigenvalue weighted by Gasteiger charge is 2.23. The molecule has 0 amide bonds. The number of ether oxygens (including phenoxy) is 2. The smallest absolute Gasteiger partial charge is 0.162 e. The fourth-order valence-electron chi connectivity index (χ4n) is 0.617. The Morgan fingerprint density at radius 3 is 1.71 bits per heavy atom. The number of ketones is 1. The summed E-state index contributed by atoms with van der Waals surface area (Å²) in [4.78, 5) is 9.81. The van der Waals surface area contributed by atoms with Crippen LogP contribution in [0.2, 0.25) is 0 Å². The van der Waals surface area contributed by atoms with Gasteiger partial charge in [0.2, 0.25) is 0 Å². The summed E-state index contributed by atoms with van der Waals surface area (Å²) in [6.07, 6.45) is 0.106. The molecule has 0 bridgehead atoms. The lowest BCUT2D eigenvalue weighted by Gasteiger charge is -2.13. The first-order chi connectivity index (χ1) is 7.75. The van der Waals surface area contributed by atoms with Gasteiger partial charge in [-0.25, -0.2) is 0 Å². The molecule has 5 nitrogen and oxygen atoms in total. The van der Waals surface area contributed by atoms with Crippen molar-refractivity contribution in [1.82, 2.24) is 0 Å². The minimum absolute atomic E-state index is 0.139. The monoisotopic (exact) mass is 250 g/mol. The van der Waals surface area contributed by atoms with Crippen LogP contribution in [-0.4, -0.2) is 47.7 Å². The van der Waals surface area contributed by atoms with Crippen LogP contribution in [0.3, 0.4) is 0 Å². The second-order valence-corrected chi connectivity index (χ2v) is 4.18. The molecule has 0 aliphatic carbocycles. The van der Waals surface area contributed by atoms with E-state index in [1.807, 2.05) is 20.8 Å². The van der Waals surface area contributed by atoms with Crippen molar-refractivity contribution in [3.63, 3.8) is 0 Å². The van der Waals surface area contributed by atoms with Crippen molar-refractivity contribution in [2.24, 2.45) is 0 Å². The molecule has 5 heteroatoms. The fourth-order valence-corrected chi connectivity index (χ4v) is 0.617. The SMILES string of the molecule is CC(O)CO.CC1(C)OCCO1.CCC(C)=O. The highest BCUT2D eigenvalue weighted by atomic mass is 16.7. The molecular weight excluding hydrogens is 224 g/mol. The molecule has 0 aromatic carbocycles. The van der Waals surface area contributed by atoms with E-state index >= 15 is 0 Å². The molecule has 0 aromatic rings. The van der Waals surface area contributed by atoms with Crippen LogP contribution in [0.15, 0.2) is 0 Å². The summed E-state index contributed by atoms with van der Waals surface area (Å²) in [5.74, 6) is -0.0509. The van der Waals surface area contributed by atoms with E-state index in [0.29, 0.717) is 6.42 Å². The Kier molecular flexibility index (Phi) is 11.8. The summed E-state index contributed by atoms with van der Waals surface area (Å²) < 4.78 is 10.2. The molecule has 1 heterocycles. The molecule has 2 N–H and O–H groups in total. The van der Waals surface area contributed by atoms with E-state index < -0.39 is 6.10 Å². The van der Waals surface area contributed by atoms with Gasteiger partial charge in [-0.3, -0.25) is 0 Å². The van der Waals surface area contributed by atoms with Crippen molar-refractivity contribution in [3.8, 4) is 0 Å². The van der Waals surface area contributed by atoms with Crippen LogP contribution in [0.5, 0.6) is 0 Å². The molecule has 0 spiro atoms. The number of aliphatic hydroxyl groups excluding tert-OH is 2. The number of hydrogen-bond donors (Lipinski definition) is 2. The Labute approximate surface area is 104 Å². The van der Waals surface area contributed by atoms with Gasteiger partial charge in [0.05, 0.1) is 25.9 Å². The second kappa shape index (κ2) is 10.7. The summed E-state index contributed by atoms with van der Waals surface area (Å²) in [7, 11) is 0. The highest BCUT2D eigenvalue weighted by Crippen LogP contribution is 2.15. The van der Waals surface area contributed by atoms with Crippen LogP contribution >= 0.6 is 0 Å². The van der Waals surface area contributed by atoms with Crippen LogP contribution in [0.4, 0.5) is 0 Å². The first-order valence-electron chi connectivity index (χ1n) is 5.81. The molecule has 0 saturated carbocycles. The Morgan fingerprint density at radius 1 is 1.35 bits per heavy atom. The van der Waals surface area contributed by atoms with Crippen LogP contribution < -0.4 is 0 Å². The summed E-state index contributed by atoms with van der Waals surface area (Å²) in [5.41, 5.74) is 0. The van der Waals surface area contributed by atoms with Gasteiger partial charge < -0.3 is 24.5 Å². The van der Waals surface area contributed by atoms with Gasteiger partial charge in [-0.2, -0.15) is 0 Å². The van der Waals surface area contributed by atoms with Crippen LogP contribution in [0.1, 0.15) is 41.0 Å². The average molecular weight is 250 g/mol. The number of rotatable bonds is 2. The summed E-state index contributed by atoms with van der Waals surface area (Å²) >= 11 is 0. The second-order valence-electron chi connectivity index (χ2n) is 4.18. The predicted molar refractivity (Wildman–Crippen MR) is 65.7 cm³/mol. The molecule has 1 rings (SSSR count).